The van der Waals surface area contributed by atoms with E-state index in [1.165, 1.54) is 13.2 Å². The second-order valence-electron chi connectivity index (χ2n) is 3.58. The maximum absolute atomic E-state index is 12.1. The van der Waals surface area contributed by atoms with Crippen molar-refractivity contribution in [2.45, 2.75) is 18.8 Å². The van der Waals surface area contributed by atoms with E-state index in [0.29, 0.717) is 0 Å². The van der Waals surface area contributed by atoms with Crippen LogP contribution in [0.5, 0.6) is 11.5 Å². The summed E-state index contributed by atoms with van der Waals surface area (Å²) in [7, 11) is 1.22. The van der Waals surface area contributed by atoms with Gasteiger partial charge in [-0.25, -0.2) is 0 Å². The Balaban J connectivity index is 3.02. The zero-order valence-corrected chi connectivity index (χ0v) is 9.92. The van der Waals surface area contributed by atoms with Crippen LogP contribution in [0, 0.1) is 0 Å². The van der Waals surface area contributed by atoms with Crippen molar-refractivity contribution in [3.63, 3.8) is 0 Å². The van der Waals surface area contributed by atoms with E-state index < -0.39 is 24.7 Å². The molecular weight excluding hydrogens is 264 g/mol. The minimum absolute atomic E-state index is 0.0739. The van der Waals surface area contributed by atoms with Crippen LogP contribution in [0.3, 0.4) is 0 Å². The lowest BCUT2D eigenvalue weighted by molar-refractivity contribution is -0.131. The summed E-state index contributed by atoms with van der Waals surface area (Å²) in [4.78, 5) is 10.7. The van der Waals surface area contributed by atoms with E-state index in [-0.39, 0.29) is 17.1 Å². The van der Waals surface area contributed by atoms with Crippen LogP contribution in [0.25, 0.3) is 0 Å². The highest BCUT2D eigenvalue weighted by molar-refractivity contribution is 5.79. The number of benzene rings is 1. The van der Waals surface area contributed by atoms with Crippen molar-refractivity contribution in [2.24, 2.45) is 5.73 Å². The molecule has 0 aliphatic rings. The molecule has 0 heterocycles. The zero-order chi connectivity index (χ0) is 14.6. The first-order valence-corrected chi connectivity index (χ1v) is 5.15. The number of primary amides is 1. The number of hydrogen-bond acceptors (Lipinski definition) is 5. The number of hydrogen-bond donors (Lipinski definition) is 3. The van der Waals surface area contributed by atoms with Gasteiger partial charge in [0.15, 0.2) is 17.6 Å². The molecule has 0 aliphatic heterocycles. The first-order chi connectivity index (χ1) is 8.86. The third-order valence-electron chi connectivity index (χ3n) is 2.34. The highest BCUT2D eigenvalue weighted by Crippen LogP contribution is 2.32. The molecular formula is C11H13F2NO5. The van der Waals surface area contributed by atoms with Crippen LogP contribution in [0.1, 0.15) is 11.7 Å². The minimum Gasteiger partial charge on any atom is -0.493 e. The molecule has 1 rings (SSSR count). The lowest BCUT2D eigenvalue weighted by Gasteiger charge is -2.17. The monoisotopic (exact) mass is 277 g/mol. The standard InChI is InChI=1S/C11H13F2NO5/c1-18-7-4-5(8(15)9(16)10(14)17)2-3-6(7)19-11(12)13/h2-4,8-9,11,15-16H,1H3,(H2,14,17). The van der Waals surface area contributed by atoms with Gasteiger partial charge in [-0.15, -0.1) is 0 Å². The molecule has 6 nitrogen and oxygen atoms in total. The summed E-state index contributed by atoms with van der Waals surface area (Å²) >= 11 is 0. The summed E-state index contributed by atoms with van der Waals surface area (Å²) in [6, 6.07) is 3.49. The number of halogens is 2. The Morgan fingerprint density at radius 3 is 2.42 bits per heavy atom. The van der Waals surface area contributed by atoms with Gasteiger partial charge in [-0.3, -0.25) is 4.79 Å². The van der Waals surface area contributed by atoms with Crippen LogP contribution in [0.2, 0.25) is 0 Å². The van der Waals surface area contributed by atoms with E-state index in [1.807, 2.05) is 0 Å². The molecule has 106 valence electrons. The van der Waals surface area contributed by atoms with E-state index in [2.05, 4.69) is 4.74 Å². The molecule has 0 aliphatic carbocycles. The number of carbonyl (C=O) groups excluding carboxylic acids is 1. The Morgan fingerprint density at radius 1 is 1.32 bits per heavy atom. The Morgan fingerprint density at radius 2 is 1.95 bits per heavy atom. The first-order valence-electron chi connectivity index (χ1n) is 5.15. The van der Waals surface area contributed by atoms with Crippen LogP contribution in [0.15, 0.2) is 18.2 Å². The van der Waals surface area contributed by atoms with Crippen LogP contribution in [-0.2, 0) is 4.79 Å². The van der Waals surface area contributed by atoms with Crippen molar-refractivity contribution in [2.75, 3.05) is 7.11 Å². The third kappa shape index (κ3) is 3.76. The minimum atomic E-state index is -3.03. The molecule has 8 heteroatoms. The molecule has 1 amide bonds. The van der Waals surface area contributed by atoms with E-state index >= 15 is 0 Å². The number of nitrogens with two attached hydrogens (primary N) is 1. The number of ether oxygens (including phenoxy) is 2. The summed E-state index contributed by atoms with van der Waals surface area (Å²) in [5, 5.41) is 19.0. The molecule has 0 saturated heterocycles. The average molecular weight is 277 g/mol. The lowest BCUT2D eigenvalue weighted by Crippen LogP contribution is -2.33. The molecule has 0 spiro atoms. The maximum atomic E-state index is 12.1. The smallest absolute Gasteiger partial charge is 0.387 e. The number of rotatable bonds is 6. The van der Waals surface area contributed by atoms with Crippen molar-refractivity contribution < 1.29 is 33.3 Å². The van der Waals surface area contributed by atoms with E-state index in [9.17, 15) is 23.8 Å². The quantitative estimate of drug-likeness (QED) is 0.688. The third-order valence-corrected chi connectivity index (χ3v) is 2.34. The molecule has 2 unspecified atom stereocenters. The molecule has 0 radical (unpaired) electrons. The molecule has 0 fully saturated rings. The SMILES string of the molecule is COc1cc(C(O)C(O)C(N)=O)ccc1OC(F)F. The van der Waals surface area contributed by atoms with Gasteiger partial charge in [-0.1, -0.05) is 6.07 Å². The van der Waals surface area contributed by atoms with Crippen molar-refractivity contribution in [1.82, 2.24) is 0 Å². The number of alkyl halides is 2. The first kappa shape index (κ1) is 15.1. The second-order valence-corrected chi connectivity index (χ2v) is 3.58. The number of aliphatic hydroxyl groups excluding tert-OH is 2. The van der Waals surface area contributed by atoms with Crippen LogP contribution >= 0.6 is 0 Å². The fourth-order valence-electron chi connectivity index (χ4n) is 1.40. The Kier molecular flexibility index (Phi) is 5.02. The Labute approximate surface area is 107 Å². The average Bonchev–Trinajstić information content (AvgIpc) is 2.36. The highest BCUT2D eigenvalue weighted by Gasteiger charge is 2.24. The molecule has 1 aromatic carbocycles. The summed E-state index contributed by atoms with van der Waals surface area (Å²) in [6.45, 7) is -3.03. The Hall–Kier alpha value is -1.93. The Bertz CT molecular complexity index is 455. The van der Waals surface area contributed by atoms with E-state index in [1.54, 1.807) is 0 Å². The van der Waals surface area contributed by atoms with Crippen molar-refractivity contribution in [3.8, 4) is 11.5 Å². The van der Waals surface area contributed by atoms with Crippen LogP contribution in [-0.4, -0.2) is 35.9 Å². The molecule has 0 bridgehead atoms. The number of methoxy groups -OCH3 is 1. The van der Waals surface area contributed by atoms with Crippen LogP contribution in [0.4, 0.5) is 8.78 Å². The fraction of sp³-hybridized carbons (Fsp3) is 0.364. The fourth-order valence-corrected chi connectivity index (χ4v) is 1.40. The predicted molar refractivity (Wildman–Crippen MR) is 59.8 cm³/mol. The van der Waals surface area contributed by atoms with Gasteiger partial charge < -0.3 is 25.4 Å². The predicted octanol–water partition coefficient (Wildman–Crippen LogP) is 0.176. The molecule has 0 aromatic heterocycles. The zero-order valence-electron chi connectivity index (χ0n) is 9.92. The molecule has 19 heavy (non-hydrogen) atoms. The van der Waals surface area contributed by atoms with E-state index in [0.717, 1.165) is 12.1 Å². The van der Waals surface area contributed by atoms with Gasteiger partial charge >= 0.3 is 6.61 Å². The van der Waals surface area contributed by atoms with Crippen molar-refractivity contribution in [3.05, 3.63) is 23.8 Å². The summed E-state index contributed by atoms with van der Waals surface area (Å²) in [5.41, 5.74) is 4.91. The number of carbonyl (C=O) groups is 1. The lowest BCUT2D eigenvalue weighted by atomic mass is 10.0. The van der Waals surface area contributed by atoms with Gasteiger partial charge in [0.25, 0.3) is 0 Å². The van der Waals surface area contributed by atoms with Crippen LogP contribution < -0.4 is 15.2 Å². The van der Waals surface area contributed by atoms with Gasteiger partial charge in [0.1, 0.15) is 6.10 Å². The highest BCUT2D eigenvalue weighted by atomic mass is 19.3. The van der Waals surface area contributed by atoms with Gasteiger partial charge in [0, 0.05) is 0 Å². The largest absolute Gasteiger partial charge is 0.493 e. The topological polar surface area (TPSA) is 102 Å². The normalized spacial score (nSPS) is 14.0. The van der Waals surface area contributed by atoms with Gasteiger partial charge in [-0.05, 0) is 17.7 Å². The molecule has 2 atom stereocenters. The number of amides is 1. The van der Waals surface area contributed by atoms with Crippen molar-refractivity contribution in [1.29, 1.82) is 0 Å². The van der Waals surface area contributed by atoms with Gasteiger partial charge in [0.05, 0.1) is 7.11 Å². The number of aliphatic hydroxyl groups is 2. The summed E-state index contributed by atoms with van der Waals surface area (Å²) in [6.07, 6.45) is -3.40. The van der Waals surface area contributed by atoms with Gasteiger partial charge in [0.2, 0.25) is 5.91 Å². The molecule has 0 saturated carbocycles. The summed E-state index contributed by atoms with van der Waals surface area (Å²) in [5.74, 6) is -1.42. The second kappa shape index (κ2) is 6.30. The molecule has 4 N–H and O–H groups in total. The van der Waals surface area contributed by atoms with E-state index in [4.69, 9.17) is 10.5 Å². The molecule has 1 aromatic rings. The maximum Gasteiger partial charge on any atom is 0.387 e. The summed E-state index contributed by atoms with van der Waals surface area (Å²) < 4.78 is 33.2. The van der Waals surface area contributed by atoms with Crippen molar-refractivity contribution >= 4 is 5.91 Å². The van der Waals surface area contributed by atoms with Gasteiger partial charge in [-0.2, -0.15) is 8.78 Å².